The number of halogens is 2. The number of benzene rings is 2. The molecule has 138 valence electrons. The molecule has 4 rings (SSSR count). The second kappa shape index (κ2) is 8.16. The number of rotatable bonds is 4. The van der Waals surface area contributed by atoms with E-state index in [4.69, 9.17) is 5.10 Å². The Balaban J connectivity index is 0.00000196. The molecule has 1 aliphatic heterocycles. The van der Waals surface area contributed by atoms with Crippen molar-refractivity contribution in [1.29, 1.82) is 0 Å². The fourth-order valence-corrected chi connectivity index (χ4v) is 3.72. The average Bonchev–Trinajstić information content (AvgIpc) is 3.00. The van der Waals surface area contributed by atoms with Gasteiger partial charge in [-0.25, -0.2) is 4.39 Å². The van der Waals surface area contributed by atoms with Crippen molar-refractivity contribution in [2.24, 2.45) is 0 Å². The number of aryl methyl sites for hydroxylation is 1. The van der Waals surface area contributed by atoms with E-state index < -0.39 is 0 Å². The van der Waals surface area contributed by atoms with E-state index in [-0.39, 0.29) is 24.3 Å². The Labute approximate surface area is 159 Å². The molecule has 2 heterocycles. The van der Waals surface area contributed by atoms with Crippen molar-refractivity contribution in [1.82, 2.24) is 20.0 Å². The first kappa shape index (κ1) is 18.8. The maximum absolute atomic E-state index is 13.7. The monoisotopic (exact) mass is 374 g/mol. The zero-order valence-electron chi connectivity index (χ0n) is 14.9. The van der Waals surface area contributed by atoms with E-state index in [2.05, 4.69) is 46.1 Å². The molecule has 3 aromatic rings. The van der Waals surface area contributed by atoms with Gasteiger partial charge in [-0.3, -0.25) is 9.58 Å². The maximum atomic E-state index is 13.7. The summed E-state index contributed by atoms with van der Waals surface area (Å²) in [6.45, 7) is 6.44. The Morgan fingerprint density at radius 2 is 2.04 bits per heavy atom. The van der Waals surface area contributed by atoms with Gasteiger partial charge >= 0.3 is 0 Å². The highest BCUT2D eigenvalue weighted by Crippen LogP contribution is 2.27. The van der Waals surface area contributed by atoms with Gasteiger partial charge in [0.2, 0.25) is 0 Å². The number of fused-ring (bicyclic) bond motifs is 1. The summed E-state index contributed by atoms with van der Waals surface area (Å²) < 4.78 is 15.7. The Hall–Kier alpha value is -1.95. The Morgan fingerprint density at radius 1 is 1.19 bits per heavy atom. The van der Waals surface area contributed by atoms with Crippen LogP contribution in [0.3, 0.4) is 0 Å². The number of hydrogen-bond donors (Lipinski definition) is 1. The molecule has 1 saturated heterocycles. The van der Waals surface area contributed by atoms with Gasteiger partial charge in [-0.2, -0.15) is 5.10 Å². The van der Waals surface area contributed by atoms with Gasteiger partial charge in [-0.1, -0.05) is 30.3 Å². The first-order chi connectivity index (χ1) is 12.3. The van der Waals surface area contributed by atoms with Crippen molar-refractivity contribution in [2.45, 2.75) is 26.1 Å². The molecule has 4 nitrogen and oxygen atoms in total. The lowest BCUT2D eigenvalue weighted by atomic mass is 10.0. The molecule has 0 saturated carbocycles. The van der Waals surface area contributed by atoms with E-state index in [0.29, 0.717) is 0 Å². The normalized spacial score (nSPS) is 18.0. The van der Waals surface area contributed by atoms with Crippen LogP contribution in [-0.4, -0.2) is 34.3 Å². The zero-order chi connectivity index (χ0) is 17.2. The minimum Gasteiger partial charge on any atom is -0.314 e. The molecule has 1 aliphatic rings. The predicted molar refractivity (Wildman–Crippen MR) is 105 cm³/mol. The third kappa shape index (κ3) is 3.61. The molecule has 1 fully saturated rings. The van der Waals surface area contributed by atoms with E-state index in [9.17, 15) is 4.39 Å². The summed E-state index contributed by atoms with van der Waals surface area (Å²) in [5.41, 5.74) is 3.30. The van der Waals surface area contributed by atoms with Gasteiger partial charge in [-0.15, -0.1) is 12.4 Å². The predicted octanol–water partition coefficient (Wildman–Crippen LogP) is 3.76. The molecule has 0 amide bonds. The third-order valence-electron chi connectivity index (χ3n) is 4.97. The van der Waals surface area contributed by atoms with E-state index in [1.54, 1.807) is 12.1 Å². The van der Waals surface area contributed by atoms with E-state index >= 15 is 0 Å². The minimum atomic E-state index is -0.177. The van der Waals surface area contributed by atoms with Gasteiger partial charge in [0.1, 0.15) is 5.82 Å². The molecule has 0 radical (unpaired) electrons. The van der Waals surface area contributed by atoms with Crippen LogP contribution in [0.4, 0.5) is 4.39 Å². The van der Waals surface area contributed by atoms with Crippen molar-refractivity contribution in [3.05, 3.63) is 65.6 Å². The van der Waals surface area contributed by atoms with E-state index in [1.807, 2.05) is 6.07 Å². The van der Waals surface area contributed by atoms with Crippen LogP contribution in [0.15, 0.2) is 48.5 Å². The lowest BCUT2D eigenvalue weighted by Crippen LogP contribution is -2.45. The molecule has 1 unspecified atom stereocenters. The van der Waals surface area contributed by atoms with Gasteiger partial charge < -0.3 is 5.32 Å². The molecule has 2 aromatic carbocycles. The lowest BCUT2D eigenvalue weighted by Gasteiger charge is -2.36. The Kier molecular flexibility index (Phi) is 5.91. The van der Waals surface area contributed by atoms with Crippen LogP contribution in [0.2, 0.25) is 0 Å². The molecular weight excluding hydrogens is 351 g/mol. The molecule has 1 aromatic heterocycles. The van der Waals surface area contributed by atoms with Crippen molar-refractivity contribution in [3.8, 4) is 0 Å². The van der Waals surface area contributed by atoms with Crippen LogP contribution < -0.4 is 5.32 Å². The van der Waals surface area contributed by atoms with Gasteiger partial charge in [-0.05, 0) is 30.7 Å². The second-order valence-corrected chi connectivity index (χ2v) is 6.53. The summed E-state index contributed by atoms with van der Waals surface area (Å²) in [7, 11) is 0. The SMILES string of the molecule is CCn1nc(CN2CCNCC2c2cccc(F)c2)c2ccccc21.Cl. The molecule has 26 heavy (non-hydrogen) atoms. The summed E-state index contributed by atoms with van der Waals surface area (Å²) in [6, 6.07) is 15.5. The molecule has 0 spiro atoms. The fraction of sp³-hybridized carbons (Fsp3) is 0.350. The molecular formula is C20H24ClFN4. The summed E-state index contributed by atoms with van der Waals surface area (Å²) in [6.07, 6.45) is 0. The summed E-state index contributed by atoms with van der Waals surface area (Å²) in [5.74, 6) is -0.177. The largest absolute Gasteiger partial charge is 0.314 e. The highest BCUT2D eigenvalue weighted by molar-refractivity contribution is 5.85. The summed E-state index contributed by atoms with van der Waals surface area (Å²) in [5, 5.41) is 9.47. The topological polar surface area (TPSA) is 33.1 Å². The summed E-state index contributed by atoms with van der Waals surface area (Å²) >= 11 is 0. The van der Waals surface area contributed by atoms with E-state index in [0.717, 1.165) is 44.0 Å². The number of nitrogens with one attached hydrogen (secondary N) is 1. The first-order valence-electron chi connectivity index (χ1n) is 8.91. The van der Waals surface area contributed by atoms with Crippen LogP contribution >= 0.6 is 12.4 Å². The smallest absolute Gasteiger partial charge is 0.123 e. The molecule has 6 heteroatoms. The van der Waals surface area contributed by atoms with Crippen molar-refractivity contribution in [2.75, 3.05) is 19.6 Å². The molecule has 1 atom stereocenters. The number of nitrogens with zero attached hydrogens (tertiary/aromatic N) is 3. The third-order valence-corrected chi connectivity index (χ3v) is 4.97. The number of aromatic nitrogens is 2. The van der Waals surface area contributed by atoms with Crippen LogP contribution in [0.5, 0.6) is 0 Å². The van der Waals surface area contributed by atoms with Crippen molar-refractivity contribution < 1.29 is 4.39 Å². The highest BCUT2D eigenvalue weighted by atomic mass is 35.5. The van der Waals surface area contributed by atoms with Gasteiger partial charge in [0.15, 0.2) is 0 Å². The maximum Gasteiger partial charge on any atom is 0.123 e. The molecule has 0 bridgehead atoms. The van der Waals surface area contributed by atoms with Crippen LogP contribution in [0.1, 0.15) is 24.2 Å². The van der Waals surface area contributed by atoms with Crippen LogP contribution in [0, 0.1) is 5.82 Å². The number of piperazine rings is 1. The average molecular weight is 375 g/mol. The van der Waals surface area contributed by atoms with Crippen molar-refractivity contribution >= 4 is 23.3 Å². The highest BCUT2D eigenvalue weighted by Gasteiger charge is 2.25. The number of para-hydroxylation sites is 1. The summed E-state index contributed by atoms with van der Waals surface area (Å²) in [4.78, 5) is 2.40. The van der Waals surface area contributed by atoms with Gasteiger partial charge in [0, 0.05) is 44.2 Å². The molecule has 1 N–H and O–H groups in total. The van der Waals surface area contributed by atoms with Crippen LogP contribution in [0.25, 0.3) is 10.9 Å². The minimum absolute atomic E-state index is 0. The lowest BCUT2D eigenvalue weighted by molar-refractivity contribution is 0.152. The van der Waals surface area contributed by atoms with Crippen molar-refractivity contribution in [3.63, 3.8) is 0 Å². The van der Waals surface area contributed by atoms with E-state index in [1.165, 1.54) is 17.0 Å². The molecule has 0 aliphatic carbocycles. The second-order valence-electron chi connectivity index (χ2n) is 6.53. The van der Waals surface area contributed by atoms with Crippen LogP contribution in [-0.2, 0) is 13.1 Å². The Bertz CT molecular complexity index is 879. The first-order valence-corrected chi connectivity index (χ1v) is 8.91. The Morgan fingerprint density at radius 3 is 2.85 bits per heavy atom. The quantitative estimate of drug-likeness (QED) is 0.754. The standard InChI is InChI=1S/C20H23FN4.ClH/c1-2-25-19-9-4-3-8-17(19)18(23-25)14-24-11-10-22-13-20(24)15-6-5-7-16(21)12-15;/h3-9,12,20,22H,2,10-11,13-14H2,1H3;1H. The number of hydrogen-bond acceptors (Lipinski definition) is 3. The van der Waals surface area contributed by atoms with Gasteiger partial charge in [0.05, 0.1) is 11.2 Å². The van der Waals surface area contributed by atoms with Gasteiger partial charge in [0.25, 0.3) is 0 Å². The fourth-order valence-electron chi connectivity index (χ4n) is 3.72. The zero-order valence-corrected chi connectivity index (χ0v) is 15.7.